The van der Waals surface area contributed by atoms with E-state index < -0.39 is 0 Å². The Morgan fingerprint density at radius 2 is 2.50 bits per heavy atom. The van der Waals surface area contributed by atoms with Crippen molar-refractivity contribution in [1.29, 1.82) is 5.26 Å². The fourth-order valence-electron chi connectivity index (χ4n) is 1.86. The molecule has 0 bridgehead atoms. The summed E-state index contributed by atoms with van der Waals surface area (Å²) in [7, 11) is 0. The zero-order chi connectivity index (χ0) is 11.4. The highest BCUT2D eigenvalue weighted by Gasteiger charge is 2.23. The summed E-state index contributed by atoms with van der Waals surface area (Å²) in [5.74, 6) is -0.0149. The van der Waals surface area contributed by atoms with Gasteiger partial charge in [0.2, 0.25) is 5.91 Å². The molecule has 1 fully saturated rings. The lowest BCUT2D eigenvalue weighted by atomic mass is 10.00. The van der Waals surface area contributed by atoms with Crippen molar-refractivity contribution in [3.05, 3.63) is 12.7 Å². The Bertz CT molecular complexity index is 394. The number of likely N-dealkylation sites (tertiary alicyclic amines) is 1. The Labute approximate surface area is 93.5 Å². The van der Waals surface area contributed by atoms with Gasteiger partial charge in [-0.05, 0) is 12.8 Å². The summed E-state index contributed by atoms with van der Waals surface area (Å²) in [6, 6.07) is 2.22. The molecule has 6 nitrogen and oxygen atoms in total. The van der Waals surface area contributed by atoms with E-state index in [1.54, 1.807) is 4.90 Å². The minimum absolute atomic E-state index is 0.00505. The summed E-state index contributed by atoms with van der Waals surface area (Å²) in [6.07, 6.45) is 4.72. The van der Waals surface area contributed by atoms with Gasteiger partial charge in [0.05, 0.1) is 12.0 Å². The topological polar surface area (TPSA) is 74.8 Å². The molecule has 1 aromatic rings. The molecule has 16 heavy (non-hydrogen) atoms. The van der Waals surface area contributed by atoms with Crippen molar-refractivity contribution in [2.75, 3.05) is 13.1 Å². The van der Waals surface area contributed by atoms with Crippen LogP contribution in [0, 0.1) is 17.2 Å². The Morgan fingerprint density at radius 3 is 3.19 bits per heavy atom. The van der Waals surface area contributed by atoms with Gasteiger partial charge in [-0.1, -0.05) is 0 Å². The van der Waals surface area contributed by atoms with Crippen LogP contribution in [0.5, 0.6) is 0 Å². The predicted molar refractivity (Wildman–Crippen MR) is 54.9 cm³/mol. The van der Waals surface area contributed by atoms with Gasteiger partial charge >= 0.3 is 0 Å². The zero-order valence-electron chi connectivity index (χ0n) is 8.91. The molecule has 6 heteroatoms. The standard InChI is InChI=1S/C10H13N5O/c11-4-9-2-1-3-14(5-9)10(16)6-15-8-12-7-13-15/h7-9H,1-3,5-6H2. The fraction of sp³-hybridized carbons (Fsp3) is 0.600. The number of carbonyl (C=O) groups excluding carboxylic acids is 1. The van der Waals surface area contributed by atoms with E-state index in [1.165, 1.54) is 17.3 Å². The van der Waals surface area contributed by atoms with Crippen LogP contribution in [-0.2, 0) is 11.3 Å². The third-order valence-corrected chi connectivity index (χ3v) is 2.72. The second-order valence-corrected chi connectivity index (χ2v) is 3.90. The Morgan fingerprint density at radius 1 is 1.62 bits per heavy atom. The van der Waals surface area contributed by atoms with Crippen LogP contribution in [0.2, 0.25) is 0 Å². The molecule has 1 unspecified atom stereocenters. The van der Waals surface area contributed by atoms with Gasteiger partial charge in [-0.25, -0.2) is 9.67 Å². The van der Waals surface area contributed by atoms with E-state index in [9.17, 15) is 4.79 Å². The highest BCUT2D eigenvalue weighted by atomic mass is 16.2. The Balaban J connectivity index is 1.92. The van der Waals surface area contributed by atoms with E-state index in [2.05, 4.69) is 16.2 Å². The first-order chi connectivity index (χ1) is 7.79. The first kappa shape index (κ1) is 10.6. The third-order valence-electron chi connectivity index (χ3n) is 2.72. The average Bonchev–Trinajstić information content (AvgIpc) is 2.82. The van der Waals surface area contributed by atoms with E-state index in [1.807, 2.05) is 0 Å². The molecule has 0 aliphatic carbocycles. The summed E-state index contributed by atoms with van der Waals surface area (Å²) < 4.78 is 1.50. The molecule has 1 aliphatic heterocycles. The van der Waals surface area contributed by atoms with Crippen molar-refractivity contribution < 1.29 is 4.79 Å². The molecule has 0 aromatic carbocycles. The van der Waals surface area contributed by atoms with Crippen LogP contribution >= 0.6 is 0 Å². The number of nitriles is 1. The Kier molecular flexibility index (Phi) is 3.15. The van der Waals surface area contributed by atoms with Gasteiger partial charge in [-0.2, -0.15) is 10.4 Å². The molecule has 1 saturated heterocycles. The minimum atomic E-state index is -0.0200. The largest absolute Gasteiger partial charge is 0.340 e. The number of aromatic nitrogens is 3. The van der Waals surface area contributed by atoms with Crippen LogP contribution in [0.1, 0.15) is 12.8 Å². The number of hydrogen-bond acceptors (Lipinski definition) is 4. The van der Waals surface area contributed by atoms with Crippen molar-refractivity contribution >= 4 is 5.91 Å². The molecule has 0 spiro atoms. The smallest absolute Gasteiger partial charge is 0.244 e. The predicted octanol–water partition coefficient (Wildman–Crippen LogP) is 0.0403. The maximum absolute atomic E-state index is 11.9. The highest BCUT2D eigenvalue weighted by molar-refractivity contribution is 5.76. The molecular formula is C10H13N5O. The van der Waals surface area contributed by atoms with Gasteiger partial charge in [0.1, 0.15) is 19.2 Å². The number of carbonyl (C=O) groups is 1. The van der Waals surface area contributed by atoms with Crippen LogP contribution in [0.4, 0.5) is 0 Å². The molecule has 2 heterocycles. The Hall–Kier alpha value is -1.90. The van der Waals surface area contributed by atoms with E-state index in [4.69, 9.17) is 5.26 Å². The zero-order valence-corrected chi connectivity index (χ0v) is 8.91. The second kappa shape index (κ2) is 4.75. The number of rotatable bonds is 2. The van der Waals surface area contributed by atoms with Gasteiger partial charge in [-0.3, -0.25) is 4.79 Å². The minimum Gasteiger partial charge on any atom is -0.340 e. The summed E-state index contributed by atoms with van der Waals surface area (Å²) in [6.45, 7) is 1.49. The van der Waals surface area contributed by atoms with Crippen LogP contribution in [0.15, 0.2) is 12.7 Å². The lowest BCUT2D eigenvalue weighted by Gasteiger charge is -2.29. The van der Waals surface area contributed by atoms with Crippen molar-refractivity contribution in [1.82, 2.24) is 19.7 Å². The third kappa shape index (κ3) is 2.37. The van der Waals surface area contributed by atoms with Crippen molar-refractivity contribution in [2.45, 2.75) is 19.4 Å². The molecular weight excluding hydrogens is 206 g/mol. The van der Waals surface area contributed by atoms with Crippen molar-refractivity contribution in [3.8, 4) is 6.07 Å². The lowest BCUT2D eigenvalue weighted by molar-refractivity contribution is -0.133. The SMILES string of the molecule is N#CC1CCCN(C(=O)Cn2cncn2)C1. The molecule has 1 atom stereocenters. The maximum atomic E-state index is 11.9. The molecule has 0 N–H and O–H groups in total. The maximum Gasteiger partial charge on any atom is 0.244 e. The molecule has 1 aromatic heterocycles. The normalized spacial score (nSPS) is 20.4. The summed E-state index contributed by atoms with van der Waals surface area (Å²) >= 11 is 0. The molecule has 0 saturated carbocycles. The lowest BCUT2D eigenvalue weighted by Crippen LogP contribution is -2.41. The van der Waals surface area contributed by atoms with E-state index >= 15 is 0 Å². The number of piperidine rings is 1. The first-order valence-electron chi connectivity index (χ1n) is 5.29. The summed E-state index contributed by atoms with van der Waals surface area (Å²) in [5, 5.41) is 12.7. The average molecular weight is 219 g/mol. The quantitative estimate of drug-likeness (QED) is 0.703. The number of nitrogens with zero attached hydrogens (tertiary/aromatic N) is 5. The van der Waals surface area contributed by atoms with Crippen LogP contribution in [-0.4, -0.2) is 38.7 Å². The van der Waals surface area contributed by atoms with Gasteiger partial charge in [0, 0.05) is 13.1 Å². The molecule has 84 valence electrons. The monoisotopic (exact) mass is 219 g/mol. The second-order valence-electron chi connectivity index (χ2n) is 3.90. The van der Waals surface area contributed by atoms with Crippen LogP contribution < -0.4 is 0 Å². The summed E-state index contributed by atoms with van der Waals surface area (Å²) in [4.78, 5) is 17.4. The van der Waals surface area contributed by atoms with Crippen LogP contribution in [0.3, 0.4) is 0 Å². The van der Waals surface area contributed by atoms with Crippen molar-refractivity contribution in [3.63, 3.8) is 0 Å². The van der Waals surface area contributed by atoms with E-state index in [0.29, 0.717) is 6.54 Å². The molecule has 1 amide bonds. The van der Waals surface area contributed by atoms with E-state index in [-0.39, 0.29) is 18.4 Å². The number of hydrogen-bond donors (Lipinski definition) is 0. The molecule has 0 radical (unpaired) electrons. The van der Waals surface area contributed by atoms with Crippen molar-refractivity contribution in [2.24, 2.45) is 5.92 Å². The molecule has 2 rings (SSSR count). The summed E-state index contributed by atoms with van der Waals surface area (Å²) in [5.41, 5.74) is 0. The van der Waals surface area contributed by atoms with E-state index in [0.717, 1.165) is 19.4 Å². The van der Waals surface area contributed by atoms with Gasteiger partial charge in [0.15, 0.2) is 0 Å². The van der Waals surface area contributed by atoms with Gasteiger partial charge in [0.25, 0.3) is 0 Å². The first-order valence-corrected chi connectivity index (χ1v) is 5.29. The fourth-order valence-corrected chi connectivity index (χ4v) is 1.86. The molecule has 1 aliphatic rings. The van der Waals surface area contributed by atoms with Gasteiger partial charge < -0.3 is 4.90 Å². The number of amides is 1. The highest BCUT2D eigenvalue weighted by Crippen LogP contribution is 2.15. The van der Waals surface area contributed by atoms with Crippen LogP contribution in [0.25, 0.3) is 0 Å². The van der Waals surface area contributed by atoms with Gasteiger partial charge in [-0.15, -0.1) is 0 Å².